The SMILES string of the molecule is CCN(CC(=O)O)C1CC(NC(=O)N(CC2CCC2)CC2CC2)C1. The van der Waals surface area contributed by atoms with Crippen LogP contribution in [-0.2, 0) is 4.79 Å². The highest BCUT2D eigenvalue weighted by molar-refractivity contribution is 5.74. The van der Waals surface area contributed by atoms with Gasteiger partial charge in [-0.1, -0.05) is 13.3 Å². The Labute approximate surface area is 144 Å². The Morgan fingerprint density at radius 3 is 2.17 bits per heavy atom. The molecule has 0 atom stereocenters. The minimum Gasteiger partial charge on any atom is -0.480 e. The number of aliphatic carboxylic acids is 1. The number of carbonyl (C=O) groups excluding carboxylic acids is 1. The van der Waals surface area contributed by atoms with Crippen LogP contribution in [0, 0.1) is 11.8 Å². The molecule has 0 aromatic carbocycles. The standard InChI is InChI=1S/C18H31N3O3/c1-2-20(12-17(22)23)16-8-15(9-16)19-18(24)21(11-14-6-7-14)10-13-4-3-5-13/h13-16H,2-12H2,1H3,(H,19,24)(H,22,23). The van der Waals surface area contributed by atoms with Gasteiger partial charge < -0.3 is 15.3 Å². The summed E-state index contributed by atoms with van der Waals surface area (Å²) >= 11 is 0. The molecule has 3 saturated carbocycles. The highest BCUT2D eigenvalue weighted by Gasteiger charge is 2.36. The van der Waals surface area contributed by atoms with Gasteiger partial charge in [-0.2, -0.15) is 0 Å². The maximum absolute atomic E-state index is 12.6. The summed E-state index contributed by atoms with van der Waals surface area (Å²) < 4.78 is 0. The molecule has 0 saturated heterocycles. The maximum Gasteiger partial charge on any atom is 0.317 e. The molecule has 0 heterocycles. The van der Waals surface area contributed by atoms with Crippen molar-refractivity contribution in [2.45, 2.75) is 64.0 Å². The molecular formula is C18H31N3O3. The first-order valence-electron chi connectivity index (χ1n) is 9.56. The fraction of sp³-hybridized carbons (Fsp3) is 0.889. The highest BCUT2D eigenvalue weighted by Crippen LogP contribution is 2.33. The molecule has 3 fully saturated rings. The first-order valence-corrected chi connectivity index (χ1v) is 9.56. The smallest absolute Gasteiger partial charge is 0.317 e. The number of rotatable bonds is 9. The fourth-order valence-corrected chi connectivity index (χ4v) is 3.78. The molecule has 0 unspecified atom stereocenters. The summed E-state index contributed by atoms with van der Waals surface area (Å²) in [5.41, 5.74) is 0. The van der Waals surface area contributed by atoms with Crippen LogP contribution in [0.3, 0.4) is 0 Å². The van der Waals surface area contributed by atoms with Gasteiger partial charge in [0.2, 0.25) is 0 Å². The van der Waals surface area contributed by atoms with E-state index in [2.05, 4.69) is 5.32 Å². The maximum atomic E-state index is 12.6. The molecule has 0 aromatic rings. The molecule has 3 aliphatic carbocycles. The van der Waals surface area contributed by atoms with Crippen LogP contribution >= 0.6 is 0 Å². The molecule has 6 heteroatoms. The van der Waals surface area contributed by atoms with Gasteiger partial charge in [-0.15, -0.1) is 0 Å². The van der Waals surface area contributed by atoms with Gasteiger partial charge in [0, 0.05) is 25.2 Å². The lowest BCUT2D eigenvalue weighted by Gasteiger charge is -2.43. The Balaban J connectivity index is 1.42. The van der Waals surface area contributed by atoms with E-state index in [0.717, 1.165) is 38.4 Å². The third-order valence-corrected chi connectivity index (χ3v) is 5.87. The van der Waals surface area contributed by atoms with E-state index in [9.17, 15) is 9.59 Å². The Morgan fingerprint density at radius 2 is 1.71 bits per heavy atom. The van der Waals surface area contributed by atoms with Crippen molar-refractivity contribution >= 4 is 12.0 Å². The number of urea groups is 1. The number of carbonyl (C=O) groups is 2. The molecule has 2 N–H and O–H groups in total. The van der Waals surface area contributed by atoms with E-state index in [4.69, 9.17) is 5.11 Å². The molecule has 24 heavy (non-hydrogen) atoms. The van der Waals surface area contributed by atoms with Gasteiger partial charge in [0.25, 0.3) is 0 Å². The van der Waals surface area contributed by atoms with Gasteiger partial charge in [0.05, 0.1) is 6.54 Å². The quantitative estimate of drug-likeness (QED) is 0.676. The summed E-state index contributed by atoms with van der Waals surface area (Å²) in [6.07, 6.45) is 8.10. The van der Waals surface area contributed by atoms with Crippen LogP contribution in [0.15, 0.2) is 0 Å². The van der Waals surface area contributed by atoms with Crippen LogP contribution in [-0.4, -0.2) is 65.2 Å². The van der Waals surface area contributed by atoms with Crippen LogP contribution in [0.4, 0.5) is 4.79 Å². The number of carboxylic acids is 1. The van der Waals surface area contributed by atoms with Crippen molar-refractivity contribution in [1.82, 2.24) is 15.1 Å². The number of hydrogen-bond acceptors (Lipinski definition) is 3. The third-order valence-electron chi connectivity index (χ3n) is 5.87. The van der Waals surface area contributed by atoms with Crippen molar-refractivity contribution < 1.29 is 14.7 Å². The average molecular weight is 337 g/mol. The predicted molar refractivity (Wildman–Crippen MR) is 91.9 cm³/mol. The second-order valence-electron chi connectivity index (χ2n) is 7.87. The summed E-state index contributed by atoms with van der Waals surface area (Å²) in [6.45, 7) is 4.66. The van der Waals surface area contributed by atoms with Crippen molar-refractivity contribution in [2.24, 2.45) is 11.8 Å². The van der Waals surface area contributed by atoms with Crippen molar-refractivity contribution in [1.29, 1.82) is 0 Å². The second kappa shape index (κ2) is 7.72. The second-order valence-corrected chi connectivity index (χ2v) is 7.87. The number of amides is 2. The largest absolute Gasteiger partial charge is 0.480 e. The van der Waals surface area contributed by atoms with E-state index in [0.29, 0.717) is 12.0 Å². The molecule has 6 nitrogen and oxygen atoms in total. The zero-order valence-corrected chi connectivity index (χ0v) is 14.7. The van der Waals surface area contributed by atoms with E-state index in [1.807, 2.05) is 16.7 Å². The van der Waals surface area contributed by atoms with Crippen LogP contribution < -0.4 is 5.32 Å². The summed E-state index contributed by atoms with van der Waals surface area (Å²) in [4.78, 5) is 27.5. The molecule has 3 rings (SSSR count). The van der Waals surface area contributed by atoms with Crippen LogP contribution in [0.5, 0.6) is 0 Å². The van der Waals surface area contributed by atoms with E-state index in [1.54, 1.807) is 0 Å². The molecule has 136 valence electrons. The number of nitrogens with one attached hydrogen (secondary N) is 1. The normalized spacial score (nSPS) is 26.6. The molecule has 0 aromatic heterocycles. The molecule has 0 radical (unpaired) electrons. The summed E-state index contributed by atoms with van der Waals surface area (Å²) in [6, 6.07) is 0.590. The van der Waals surface area contributed by atoms with Crippen molar-refractivity contribution in [3.05, 3.63) is 0 Å². The zero-order valence-electron chi connectivity index (χ0n) is 14.7. The molecular weight excluding hydrogens is 306 g/mol. The van der Waals surface area contributed by atoms with E-state index in [1.165, 1.54) is 32.1 Å². The van der Waals surface area contributed by atoms with Crippen molar-refractivity contribution in [3.63, 3.8) is 0 Å². The lowest BCUT2D eigenvalue weighted by molar-refractivity contribution is -0.139. The first kappa shape index (κ1) is 17.5. The molecule has 0 aliphatic heterocycles. The van der Waals surface area contributed by atoms with Gasteiger partial charge in [-0.05, 0) is 56.9 Å². The Morgan fingerprint density at radius 1 is 1.08 bits per heavy atom. The van der Waals surface area contributed by atoms with Crippen molar-refractivity contribution in [3.8, 4) is 0 Å². The lowest BCUT2D eigenvalue weighted by Crippen LogP contribution is -2.57. The fourth-order valence-electron chi connectivity index (χ4n) is 3.78. The number of likely N-dealkylation sites (N-methyl/N-ethyl adjacent to an activating group) is 1. The Bertz CT molecular complexity index is 456. The van der Waals surface area contributed by atoms with Gasteiger partial charge >= 0.3 is 12.0 Å². The minimum atomic E-state index is -0.777. The average Bonchev–Trinajstić information content (AvgIpc) is 3.26. The predicted octanol–water partition coefficient (Wildman–Crippen LogP) is 2.15. The number of nitrogens with zero attached hydrogens (tertiary/aromatic N) is 2. The van der Waals surface area contributed by atoms with Crippen LogP contribution in [0.2, 0.25) is 0 Å². The zero-order chi connectivity index (χ0) is 17.1. The topological polar surface area (TPSA) is 72.9 Å². The van der Waals surface area contributed by atoms with Gasteiger partial charge in [-0.3, -0.25) is 9.69 Å². The monoisotopic (exact) mass is 337 g/mol. The van der Waals surface area contributed by atoms with Gasteiger partial charge in [0.1, 0.15) is 0 Å². The molecule has 0 bridgehead atoms. The van der Waals surface area contributed by atoms with Crippen LogP contribution in [0.1, 0.15) is 51.9 Å². The first-order chi connectivity index (χ1) is 11.5. The van der Waals surface area contributed by atoms with E-state index in [-0.39, 0.29) is 18.6 Å². The summed E-state index contributed by atoms with van der Waals surface area (Å²) in [7, 11) is 0. The lowest BCUT2D eigenvalue weighted by atomic mass is 9.84. The van der Waals surface area contributed by atoms with Crippen LogP contribution in [0.25, 0.3) is 0 Å². The van der Waals surface area contributed by atoms with E-state index >= 15 is 0 Å². The highest BCUT2D eigenvalue weighted by atomic mass is 16.4. The molecule has 0 spiro atoms. The third kappa shape index (κ3) is 4.62. The number of carboxylic acid groups (broad SMARTS) is 1. The molecule has 3 aliphatic rings. The van der Waals surface area contributed by atoms with E-state index < -0.39 is 5.97 Å². The number of hydrogen-bond donors (Lipinski definition) is 2. The van der Waals surface area contributed by atoms with Gasteiger partial charge in [0.15, 0.2) is 0 Å². The van der Waals surface area contributed by atoms with Crippen molar-refractivity contribution in [2.75, 3.05) is 26.2 Å². The van der Waals surface area contributed by atoms with Gasteiger partial charge in [-0.25, -0.2) is 4.79 Å². The minimum absolute atomic E-state index is 0.0946. The Hall–Kier alpha value is -1.30. The Kier molecular flexibility index (Phi) is 5.64. The summed E-state index contributed by atoms with van der Waals surface area (Å²) in [5, 5.41) is 12.1. The molecule has 2 amide bonds. The summed E-state index contributed by atoms with van der Waals surface area (Å²) in [5.74, 6) is 0.645.